The topological polar surface area (TPSA) is 75.0 Å². The fourth-order valence-electron chi connectivity index (χ4n) is 2.65. The van der Waals surface area contributed by atoms with Crippen LogP contribution in [0.25, 0.3) is 22.5 Å². The van der Waals surface area contributed by atoms with E-state index < -0.39 is 0 Å². The van der Waals surface area contributed by atoms with Crippen LogP contribution in [0.3, 0.4) is 0 Å². The number of carbonyl (C=O) groups is 1. The molecule has 0 spiro atoms. The number of rotatable bonds is 5. The summed E-state index contributed by atoms with van der Waals surface area (Å²) in [5, 5.41) is 5.13. The number of fused-ring (bicyclic) bond motifs is 1. The minimum Gasteiger partial charge on any atom is -0.351 e. The van der Waals surface area contributed by atoms with Crippen LogP contribution in [0.15, 0.2) is 28.8 Å². The van der Waals surface area contributed by atoms with Crippen LogP contribution in [0.1, 0.15) is 25.2 Å². The number of aryl methyl sites for hydroxylation is 1. The summed E-state index contributed by atoms with van der Waals surface area (Å²) in [5.74, 6) is 1.18. The standard InChI is InChI=1S/C18H22N4O2/c1-11(2)18(23)22(4)8-7-16-20-17(24-21-16)15-10-13-9-12(3)5-6-14(13)19-15/h5-6,9-11,19H,7-8H2,1-4H3. The van der Waals surface area contributed by atoms with Crippen molar-refractivity contribution in [3.63, 3.8) is 0 Å². The third-order valence-electron chi connectivity index (χ3n) is 4.02. The van der Waals surface area contributed by atoms with E-state index in [1.807, 2.05) is 26.0 Å². The van der Waals surface area contributed by atoms with Gasteiger partial charge in [-0.25, -0.2) is 0 Å². The Morgan fingerprint density at radius 2 is 2.12 bits per heavy atom. The molecule has 126 valence electrons. The fraction of sp³-hybridized carbons (Fsp3) is 0.389. The maximum Gasteiger partial charge on any atom is 0.274 e. The lowest BCUT2D eigenvalue weighted by Crippen LogP contribution is -2.32. The van der Waals surface area contributed by atoms with Gasteiger partial charge in [-0.05, 0) is 25.1 Å². The molecule has 24 heavy (non-hydrogen) atoms. The summed E-state index contributed by atoms with van der Waals surface area (Å²) < 4.78 is 5.35. The van der Waals surface area contributed by atoms with Crippen molar-refractivity contribution < 1.29 is 9.32 Å². The fourth-order valence-corrected chi connectivity index (χ4v) is 2.65. The first-order valence-electron chi connectivity index (χ1n) is 8.11. The van der Waals surface area contributed by atoms with Crippen LogP contribution < -0.4 is 0 Å². The van der Waals surface area contributed by atoms with Gasteiger partial charge in [-0.15, -0.1) is 0 Å². The van der Waals surface area contributed by atoms with E-state index in [1.165, 1.54) is 5.56 Å². The zero-order valence-electron chi connectivity index (χ0n) is 14.5. The number of hydrogen-bond donors (Lipinski definition) is 1. The highest BCUT2D eigenvalue weighted by atomic mass is 16.5. The number of carbonyl (C=O) groups excluding carboxylic acids is 1. The van der Waals surface area contributed by atoms with E-state index in [2.05, 4.69) is 34.2 Å². The van der Waals surface area contributed by atoms with Crippen LogP contribution in [-0.4, -0.2) is 39.5 Å². The van der Waals surface area contributed by atoms with Gasteiger partial charge in [0.1, 0.15) is 5.69 Å². The van der Waals surface area contributed by atoms with Crippen LogP contribution >= 0.6 is 0 Å². The molecule has 3 aromatic rings. The molecule has 1 amide bonds. The molecule has 0 saturated carbocycles. The molecule has 0 atom stereocenters. The molecule has 2 heterocycles. The Morgan fingerprint density at radius 3 is 2.88 bits per heavy atom. The molecule has 0 aliphatic carbocycles. The van der Waals surface area contributed by atoms with E-state index in [0.29, 0.717) is 24.7 Å². The Hall–Kier alpha value is -2.63. The van der Waals surface area contributed by atoms with E-state index in [-0.39, 0.29) is 11.8 Å². The van der Waals surface area contributed by atoms with Crippen molar-refractivity contribution in [2.45, 2.75) is 27.2 Å². The number of aromatic amines is 1. The highest BCUT2D eigenvalue weighted by Gasteiger charge is 2.15. The van der Waals surface area contributed by atoms with Gasteiger partial charge in [0.2, 0.25) is 5.91 Å². The van der Waals surface area contributed by atoms with Crippen molar-refractivity contribution in [1.29, 1.82) is 0 Å². The van der Waals surface area contributed by atoms with Crippen molar-refractivity contribution in [1.82, 2.24) is 20.0 Å². The molecule has 0 saturated heterocycles. The number of nitrogens with one attached hydrogen (secondary N) is 1. The van der Waals surface area contributed by atoms with Crippen molar-refractivity contribution in [3.8, 4) is 11.6 Å². The lowest BCUT2D eigenvalue weighted by Gasteiger charge is -2.18. The van der Waals surface area contributed by atoms with Gasteiger partial charge in [0.25, 0.3) is 5.89 Å². The third kappa shape index (κ3) is 3.32. The van der Waals surface area contributed by atoms with Crippen molar-refractivity contribution in [2.24, 2.45) is 5.92 Å². The Kier molecular flexibility index (Phi) is 4.38. The third-order valence-corrected chi connectivity index (χ3v) is 4.02. The van der Waals surface area contributed by atoms with Crippen molar-refractivity contribution >= 4 is 16.8 Å². The SMILES string of the molecule is Cc1ccc2[nH]c(-c3nc(CCN(C)C(=O)C(C)C)no3)cc2c1. The first-order chi connectivity index (χ1) is 11.4. The smallest absolute Gasteiger partial charge is 0.274 e. The average molecular weight is 326 g/mol. The number of nitrogens with zero attached hydrogens (tertiary/aromatic N) is 3. The van der Waals surface area contributed by atoms with Crippen molar-refractivity contribution in [3.05, 3.63) is 35.7 Å². The van der Waals surface area contributed by atoms with Crippen LogP contribution in [0, 0.1) is 12.8 Å². The predicted octanol–water partition coefficient (Wildman–Crippen LogP) is 3.18. The summed E-state index contributed by atoms with van der Waals surface area (Å²) in [4.78, 5) is 21.3. The number of likely N-dealkylation sites (N-methyl/N-ethyl adjacent to an activating group) is 1. The van der Waals surface area contributed by atoms with Gasteiger partial charge < -0.3 is 14.4 Å². The van der Waals surface area contributed by atoms with Gasteiger partial charge in [-0.1, -0.05) is 30.6 Å². The summed E-state index contributed by atoms with van der Waals surface area (Å²) in [7, 11) is 1.79. The average Bonchev–Trinajstić information content (AvgIpc) is 3.17. The van der Waals surface area contributed by atoms with E-state index in [0.717, 1.165) is 16.6 Å². The predicted molar refractivity (Wildman–Crippen MR) is 92.5 cm³/mol. The molecule has 0 radical (unpaired) electrons. The normalized spacial score (nSPS) is 11.4. The molecule has 6 heteroatoms. The van der Waals surface area contributed by atoms with Gasteiger partial charge >= 0.3 is 0 Å². The molecule has 0 unspecified atom stereocenters. The molecule has 2 aromatic heterocycles. The van der Waals surface area contributed by atoms with E-state index in [1.54, 1.807) is 11.9 Å². The number of benzene rings is 1. The summed E-state index contributed by atoms with van der Waals surface area (Å²) >= 11 is 0. The second-order valence-electron chi connectivity index (χ2n) is 6.45. The second-order valence-corrected chi connectivity index (χ2v) is 6.45. The van der Waals surface area contributed by atoms with Gasteiger partial charge in [-0.3, -0.25) is 4.79 Å². The summed E-state index contributed by atoms with van der Waals surface area (Å²) in [6.07, 6.45) is 0.567. The largest absolute Gasteiger partial charge is 0.351 e. The van der Waals surface area contributed by atoms with Crippen LogP contribution in [-0.2, 0) is 11.2 Å². The summed E-state index contributed by atoms with van der Waals surface area (Å²) in [6, 6.07) is 8.22. The molecular formula is C18H22N4O2. The minimum atomic E-state index is -0.00867. The first-order valence-corrected chi connectivity index (χ1v) is 8.11. The zero-order chi connectivity index (χ0) is 17.3. The molecule has 0 fully saturated rings. The maximum absolute atomic E-state index is 11.9. The van der Waals surface area contributed by atoms with E-state index in [9.17, 15) is 4.79 Å². The maximum atomic E-state index is 11.9. The van der Waals surface area contributed by atoms with E-state index in [4.69, 9.17) is 4.52 Å². The number of aromatic nitrogens is 3. The van der Waals surface area contributed by atoms with Crippen LogP contribution in [0.2, 0.25) is 0 Å². The molecule has 6 nitrogen and oxygen atoms in total. The summed E-state index contributed by atoms with van der Waals surface area (Å²) in [5.41, 5.74) is 3.05. The monoisotopic (exact) mass is 326 g/mol. The number of H-pyrrole nitrogens is 1. The highest BCUT2D eigenvalue weighted by molar-refractivity contribution is 5.85. The molecule has 1 N–H and O–H groups in total. The van der Waals surface area contributed by atoms with Crippen LogP contribution in [0.5, 0.6) is 0 Å². The quantitative estimate of drug-likeness (QED) is 0.781. The molecule has 3 rings (SSSR count). The molecule has 0 aliphatic heterocycles. The lowest BCUT2D eigenvalue weighted by molar-refractivity contribution is -0.133. The molecular weight excluding hydrogens is 304 g/mol. The Labute approximate surface area is 140 Å². The lowest BCUT2D eigenvalue weighted by atomic mass is 10.2. The summed E-state index contributed by atoms with van der Waals surface area (Å²) in [6.45, 7) is 6.42. The molecule has 0 bridgehead atoms. The molecule has 1 aromatic carbocycles. The van der Waals surface area contributed by atoms with Gasteiger partial charge in [-0.2, -0.15) is 4.98 Å². The van der Waals surface area contributed by atoms with E-state index >= 15 is 0 Å². The van der Waals surface area contributed by atoms with Crippen LogP contribution in [0.4, 0.5) is 0 Å². The van der Waals surface area contributed by atoms with Gasteiger partial charge in [0, 0.05) is 36.8 Å². The highest BCUT2D eigenvalue weighted by Crippen LogP contribution is 2.23. The first kappa shape index (κ1) is 16.2. The van der Waals surface area contributed by atoms with Crippen molar-refractivity contribution in [2.75, 3.05) is 13.6 Å². The minimum absolute atomic E-state index is 0.00867. The Balaban J connectivity index is 1.71. The Bertz CT molecular complexity index is 863. The van der Waals surface area contributed by atoms with Gasteiger partial charge in [0.05, 0.1) is 0 Å². The molecule has 0 aliphatic rings. The number of amides is 1. The Morgan fingerprint density at radius 1 is 1.33 bits per heavy atom. The van der Waals surface area contributed by atoms with Gasteiger partial charge in [0.15, 0.2) is 5.82 Å². The zero-order valence-corrected chi connectivity index (χ0v) is 14.5. The second kappa shape index (κ2) is 6.47. The number of hydrogen-bond acceptors (Lipinski definition) is 4.